The number of aliphatic hydroxyl groups is 1. The molecule has 0 radical (unpaired) electrons. The Balaban J connectivity index is 2.00. The molecule has 0 aromatic carbocycles. The summed E-state index contributed by atoms with van der Waals surface area (Å²) in [5.74, 6) is 1.62. The van der Waals surface area contributed by atoms with Gasteiger partial charge in [-0.2, -0.15) is 0 Å². The van der Waals surface area contributed by atoms with E-state index in [9.17, 15) is 9.90 Å². The van der Waals surface area contributed by atoms with Gasteiger partial charge >= 0.3 is 0 Å². The van der Waals surface area contributed by atoms with Crippen LogP contribution in [0.2, 0.25) is 0 Å². The minimum atomic E-state index is -0.110. The van der Waals surface area contributed by atoms with Crippen LogP contribution in [0, 0.1) is 12.8 Å². The van der Waals surface area contributed by atoms with Crippen molar-refractivity contribution in [2.24, 2.45) is 5.92 Å². The van der Waals surface area contributed by atoms with E-state index in [-0.39, 0.29) is 18.4 Å². The number of aromatic nitrogens is 2. The van der Waals surface area contributed by atoms with Crippen molar-refractivity contribution >= 4 is 11.7 Å². The predicted molar refractivity (Wildman–Crippen MR) is 92.3 cm³/mol. The maximum atomic E-state index is 12.2. The fourth-order valence-electron chi connectivity index (χ4n) is 3.64. The number of amides is 1. The van der Waals surface area contributed by atoms with E-state index in [1.54, 1.807) is 0 Å². The van der Waals surface area contributed by atoms with E-state index >= 15 is 0 Å². The Kier molecular flexibility index (Phi) is 5.01. The van der Waals surface area contributed by atoms with E-state index in [0.29, 0.717) is 24.1 Å². The second-order valence-corrected chi connectivity index (χ2v) is 7.08. The lowest BCUT2D eigenvalue weighted by atomic mass is 10.0. The molecular formula is C17H27N5O2. The molecule has 2 N–H and O–H groups in total. The van der Waals surface area contributed by atoms with Crippen molar-refractivity contribution in [3.63, 3.8) is 0 Å². The Morgan fingerprint density at radius 3 is 2.79 bits per heavy atom. The third kappa shape index (κ3) is 3.37. The maximum absolute atomic E-state index is 12.2. The second kappa shape index (κ2) is 7.03. The number of aryl methyl sites for hydroxylation is 1. The summed E-state index contributed by atoms with van der Waals surface area (Å²) in [6.45, 7) is 4.26. The molecule has 24 heavy (non-hydrogen) atoms. The summed E-state index contributed by atoms with van der Waals surface area (Å²) in [5, 5.41) is 12.6. The monoisotopic (exact) mass is 333 g/mol. The first-order valence-electron chi connectivity index (χ1n) is 8.67. The quantitative estimate of drug-likeness (QED) is 0.823. The van der Waals surface area contributed by atoms with Crippen LogP contribution < -0.4 is 10.2 Å². The molecule has 2 aliphatic rings. The number of rotatable bonds is 3. The number of nitrogens with zero attached hydrogens (tertiary/aromatic N) is 4. The molecule has 1 fully saturated rings. The van der Waals surface area contributed by atoms with Gasteiger partial charge in [-0.1, -0.05) is 0 Å². The highest BCUT2D eigenvalue weighted by Gasteiger charge is 2.30. The van der Waals surface area contributed by atoms with E-state index in [0.717, 1.165) is 43.7 Å². The lowest BCUT2D eigenvalue weighted by molar-refractivity contribution is 0.0940. The zero-order chi connectivity index (χ0) is 17.3. The van der Waals surface area contributed by atoms with Gasteiger partial charge in [-0.25, -0.2) is 9.97 Å². The van der Waals surface area contributed by atoms with Gasteiger partial charge < -0.3 is 20.2 Å². The topological polar surface area (TPSA) is 81.6 Å². The van der Waals surface area contributed by atoms with Gasteiger partial charge in [0.1, 0.15) is 17.3 Å². The summed E-state index contributed by atoms with van der Waals surface area (Å²) in [4.78, 5) is 25.7. The molecule has 1 saturated heterocycles. The molecule has 0 aliphatic carbocycles. The lowest BCUT2D eigenvalue weighted by Gasteiger charge is -2.32. The molecule has 0 spiro atoms. The van der Waals surface area contributed by atoms with Crippen LogP contribution in [0.3, 0.4) is 0 Å². The van der Waals surface area contributed by atoms with E-state index in [1.165, 1.54) is 0 Å². The molecule has 7 heteroatoms. The van der Waals surface area contributed by atoms with Gasteiger partial charge in [-0.3, -0.25) is 4.79 Å². The van der Waals surface area contributed by atoms with Crippen molar-refractivity contribution in [3.05, 3.63) is 17.1 Å². The van der Waals surface area contributed by atoms with Crippen molar-refractivity contribution in [1.29, 1.82) is 0 Å². The highest BCUT2D eigenvalue weighted by atomic mass is 16.3. The standard InChI is InChI=1S/C17H27N5O2/c1-11-19-15-14(6-7-18-17(15)24)16(20-11)22-8-12(10-23)4-5-13(9-22)21(2)3/h12-13,23H,4-10H2,1-3H3,(H,18,24)/t12-,13+/m0/s1. The summed E-state index contributed by atoms with van der Waals surface area (Å²) < 4.78 is 0. The average molecular weight is 333 g/mol. The molecule has 2 aliphatic heterocycles. The molecule has 0 saturated carbocycles. The molecule has 2 atom stereocenters. The van der Waals surface area contributed by atoms with Crippen molar-refractivity contribution in [2.45, 2.75) is 32.2 Å². The fourth-order valence-corrected chi connectivity index (χ4v) is 3.64. The Hall–Kier alpha value is -1.73. The van der Waals surface area contributed by atoms with Gasteiger partial charge in [0.15, 0.2) is 0 Å². The summed E-state index contributed by atoms with van der Waals surface area (Å²) in [6.07, 6.45) is 2.81. The van der Waals surface area contributed by atoms with Crippen molar-refractivity contribution in [3.8, 4) is 0 Å². The van der Waals surface area contributed by atoms with Crippen LogP contribution in [0.15, 0.2) is 0 Å². The fraction of sp³-hybridized carbons (Fsp3) is 0.706. The highest BCUT2D eigenvalue weighted by Crippen LogP contribution is 2.28. The summed E-state index contributed by atoms with van der Waals surface area (Å²) in [7, 11) is 4.19. The molecule has 3 rings (SSSR count). The summed E-state index contributed by atoms with van der Waals surface area (Å²) >= 11 is 0. The van der Waals surface area contributed by atoms with E-state index in [1.807, 2.05) is 6.92 Å². The average Bonchev–Trinajstić information content (AvgIpc) is 2.78. The van der Waals surface area contributed by atoms with Crippen LogP contribution in [0.4, 0.5) is 5.82 Å². The van der Waals surface area contributed by atoms with Crippen LogP contribution in [-0.2, 0) is 6.42 Å². The smallest absolute Gasteiger partial charge is 0.270 e. The Morgan fingerprint density at radius 1 is 1.29 bits per heavy atom. The van der Waals surface area contributed by atoms with Crippen molar-refractivity contribution in [2.75, 3.05) is 45.2 Å². The first-order chi connectivity index (χ1) is 11.5. The second-order valence-electron chi connectivity index (χ2n) is 7.08. The molecule has 0 unspecified atom stereocenters. The number of hydrogen-bond donors (Lipinski definition) is 2. The highest BCUT2D eigenvalue weighted by molar-refractivity contribution is 5.96. The SMILES string of the molecule is Cc1nc2c(c(N3C[C@@H](CO)CC[C@@H](N(C)C)C3)n1)CCNC2=O. The third-order valence-corrected chi connectivity index (χ3v) is 5.08. The molecule has 0 bridgehead atoms. The van der Waals surface area contributed by atoms with Crippen LogP contribution in [0.5, 0.6) is 0 Å². The van der Waals surface area contributed by atoms with Crippen LogP contribution in [0.1, 0.15) is 34.7 Å². The zero-order valence-corrected chi connectivity index (χ0v) is 14.7. The van der Waals surface area contributed by atoms with Crippen LogP contribution >= 0.6 is 0 Å². The third-order valence-electron chi connectivity index (χ3n) is 5.08. The normalized spacial score (nSPS) is 24.5. The van der Waals surface area contributed by atoms with E-state index < -0.39 is 0 Å². The molecular weight excluding hydrogens is 306 g/mol. The molecule has 1 aromatic rings. The Labute approximate surface area is 143 Å². The minimum absolute atomic E-state index is 0.110. The number of hydrogen-bond acceptors (Lipinski definition) is 6. The largest absolute Gasteiger partial charge is 0.396 e. The number of fused-ring (bicyclic) bond motifs is 1. The van der Waals surface area contributed by atoms with Crippen LogP contribution in [0.25, 0.3) is 0 Å². The molecule has 1 amide bonds. The van der Waals surface area contributed by atoms with Gasteiger partial charge in [-0.05, 0) is 46.2 Å². The summed E-state index contributed by atoms with van der Waals surface area (Å²) in [5.41, 5.74) is 1.45. The molecule has 1 aromatic heterocycles. The predicted octanol–water partition coefficient (Wildman–Crippen LogP) is 0.210. The number of carbonyl (C=O) groups excluding carboxylic acids is 1. The number of nitrogens with one attached hydrogen (secondary N) is 1. The maximum Gasteiger partial charge on any atom is 0.270 e. The van der Waals surface area contributed by atoms with E-state index in [2.05, 4.69) is 39.2 Å². The first kappa shape index (κ1) is 17.1. The van der Waals surface area contributed by atoms with Gasteiger partial charge in [-0.15, -0.1) is 0 Å². The first-order valence-corrected chi connectivity index (χ1v) is 8.67. The lowest BCUT2D eigenvalue weighted by Crippen LogP contribution is -2.42. The van der Waals surface area contributed by atoms with E-state index in [4.69, 9.17) is 0 Å². The van der Waals surface area contributed by atoms with Gasteiger partial charge in [0, 0.05) is 37.8 Å². The summed E-state index contributed by atoms with van der Waals surface area (Å²) in [6, 6.07) is 0.407. The van der Waals surface area contributed by atoms with Gasteiger partial charge in [0.2, 0.25) is 0 Å². The zero-order valence-electron chi connectivity index (χ0n) is 14.7. The van der Waals surface area contributed by atoms with Crippen molar-refractivity contribution in [1.82, 2.24) is 20.2 Å². The molecule has 132 valence electrons. The Bertz CT molecular complexity index is 619. The van der Waals surface area contributed by atoms with Gasteiger partial charge in [0.05, 0.1) is 0 Å². The number of anilines is 1. The van der Waals surface area contributed by atoms with Crippen LogP contribution in [-0.4, -0.2) is 72.3 Å². The molecule has 7 nitrogen and oxygen atoms in total. The number of likely N-dealkylation sites (N-methyl/N-ethyl adjacent to an activating group) is 1. The van der Waals surface area contributed by atoms with Gasteiger partial charge in [0.25, 0.3) is 5.91 Å². The van der Waals surface area contributed by atoms with Crippen molar-refractivity contribution < 1.29 is 9.90 Å². The number of carbonyl (C=O) groups is 1. The molecule has 3 heterocycles. The Morgan fingerprint density at radius 2 is 2.08 bits per heavy atom. The minimum Gasteiger partial charge on any atom is -0.396 e. The number of aliphatic hydroxyl groups excluding tert-OH is 1.